The summed E-state index contributed by atoms with van der Waals surface area (Å²) in [4.78, 5) is 48.7. The Morgan fingerprint density at radius 2 is 1.85 bits per heavy atom. The molecule has 2 aromatic rings. The lowest BCUT2D eigenvalue weighted by Gasteiger charge is -2.38. The van der Waals surface area contributed by atoms with Crippen LogP contribution in [0.25, 0.3) is 0 Å². The fourth-order valence-electron chi connectivity index (χ4n) is 3.66. The number of piperidine rings is 1. The summed E-state index contributed by atoms with van der Waals surface area (Å²) in [6, 6.07) is 6.03. The first-order chi connectivity index (χ1) is 13.1. The first-order valence-electron chi connectivity index (χ1n) is 8.86. The van der Waals surface area contributed by atoms with Crippen LogP contribution in [0.3, 0.4) is 0 Å². The van der Waals surface area contributed by atoms with Crippen molar-refractivity contribution in [3.05, 3.63) is 53.2 Å². The van der Waals surface area contributed by atoms with Crippen molar-refractivity contribution in [2.45, 2.75) is 18.4 Å². The van der Waals surface area contributed by atoms with E-state index in [1.807, 2.05) is 0 Å². The largest absolute Gasteiger partial charge is 0.341 e. The third-order valence-corrected chi connectivity index (χ3v) is 5.13. The van der Waals surface area contributed by atoms with E-state index >= 15 is 0 Å². The maximum Gasteiger partial charge on any atom is 0.318 e. The number of carbonyl (C=O) groups is 2. The fourth-order valence-corrected chi connectivity index (χ4v) is 3.66. The van der Waals surface area contributed by atoms with Gasteiger partial charge in [-0.15, -0.1) is 0 Å². The lowest BCUT2D eigenvalue weighted by Crippen LogP contribution is -2.53. The summed E-state index contributed by atoms with van der Waals surface area (Å²) < 4.78 is 1.04. The zero-order chi connectivity index (χ0) is 18.9. The summed E-state index contributed by atoms with van der Waals surface area (Å²) in [7, 11) is 0. The number of nitrogens with zero attached hydrogens (tertiary/aromatic N) is 5. The molecule has 2 amide bonds. The summed E-state index contributed by atoms with van der Waals surface area (Å²) in [5.41, 5.74) is -0.752. The van der Waals surface area contributed by atoms with Gasteiger partial charge in [-0.1, -0.05) is 6.07 Å². The zero-order valence-electron chi connectivity index (χ0n) is 14.7. The molecule has 2 saturated heterocycles. The van der Waals surface area contributed by atoms with Crippen LogP contribution in [-0.2, 0) is 0 Å². The van der Waals surface area contributed by atoms with Crippen molar-refractivity contribution in [3.63, 3.8) is 0 Å². The molecule has 4 rings (SSSR count). The van der Waals surface area contributed by atoms with Gasteiger partial charge in [0.15, 0.2) is 0 Å². The molecule has 0 saturated carbocycles. The molecular formula is C18H20N6O3. The van der Waals surface area contributed by atoms with Crippen molar-refractivity contribution < 1.29 is 9.59 Å². The number of carbonyl (C=O) groups excluding carboxylic acids is 2. The SMILES string of the molecule is O=C1NC2(CCN(c3ncccn3)CC2)CN1CC(=O)n1ccccc1=O. The van der Waals surface area contributed by atoms with Crippen molar-refractivity contribution in [3.8, 4) is 0 Å². The van der Waals surface area contributed by atoms with Crippen LogP contribution in [0.2, 0.25) is 0 Å². The molecule has 0 bridgehead atoms. The van der Waals surface area contributed by atoms with E-state index in [9.17, 15) is 14.4 Å². The highest BCUT2D eigenvalue weighted by Gasteiger charge is 2.45. The zero-order valence-corrected chi connectivity index (χ0v) is 14.7. The van der Waals surface area contributed by atoms with Gasteiger partial charge in [-0.05, 0) is 25.0 Å². The molecule has 0 unspecified atom stereocenters. The number of hydrogen-bond acceptors (Lipinski definition) is 6. The van der Waals surface area contributed by atoms with E-state index in [0.29, 0.717) is 12.5 Å². The number of nitrogens with one attached hydrogen (secondary N) is 1. The second-order valence-corrected chi connectivity index (χ2v) is 6.91. The van der Waals surface area contributed by atoms with Gasteiger partial charge in [0.1, 0.15) is 6.54 Å². The number of aromatic nitrogens is 3. The van der Waals surface area contributed by atoms with E-state index in [1.54, 1.807) is 30.6 Å². The average Bonchev–Trinajstić information content (AvgIpc) is 2.98. The summed E-state index contributed by atoms with van der Waals surface area (Å²) >= 11 is 0. The Hall–Kier alpha value is -3.23. The van der Waals surface area contributed by atoms with Gasteiger partial charge >= 0.3 is 6.03 Å². The second-order valence-electron chi connectivity index (χ2n) is 6.91. The molecule has 2 aliphatic rings. The minimum Gasteiger partial charge on any atom is -0.341 e. The monoisotopic (exact) mass is 368 g/mol. The van der Waals surface area contributed by atoms with Gasteiger partial charge in [-0.25, -0.2) is 14.8 Å². The van der Waals surface area contributed by atoms with Crippen molar-refractivity contribution in [1.29, 1.82) is 0 Å². The van der Waals surface area contributed by atoms with Crippen molar-refractivity contribution in [2.75, 3.05) is 31.1 Å². The van der Waals surface area contributed by atoms with Crippen LogP contribution in [0, 0.1) is 0 Å². The van der Waals surface area contributed by atoms with Crippen molar-refractivity contribution in [2.24, 2.45) is 0 Å². The van der Waals surface area contributed by atoms with Gasteiger partial charge in [-0.2, -0.15) is 0 Å². The number of amides is 2. The lowest BCUT2D eigenvalue weighted by atomic mass is 9.88. The van der Waals surface area contributed by atoms with Crippen LogP contribution in [0.4, 0.5) is 10.7 Å². The van der Waals surface area contributed by atoms with Gasteiger partial charge < -0.3 is 15.1 Å². The lowest BCUT2D eigenvalue weighted by molar-refractivity contribution is 0.0864. The number of pyridine rings is 1. The second kappa shape index (κ2) is 6.82. The Bertz CT molecular complexity index is 905. The van der Waals surface area contributed by atoms with Crippen molar-refractivity contribution in [1.82, 2.24) is 24.8 Å². The minimum atomic E-state index is -0.414. The van der Waals surface area contributed by atoms with Crippen LogP contribution in [0.5, 0.6) is 0 Å². The third-order valence-electron chi connectivity index (χ3n) is 5.13. The molecule has 27 heavy (non-hydrogen) atoms. The Kier molecular flexibility index (Phi) is 4.35. The summed E-state index contributed by atoms with van der Waals surface area (Å²) in [5.74, 6) is 0.273. The standard InChI is InChI=1S/C18H20N6O3/c25-14-4-1-2-9-24(14)15(26)12-23-13-18(21-17(23)27)5-10-22(11-6-18)16-19-7-3-8-20-16/h1-4,7-9H,5-6,10-13H2,(H,21,27). The first-order valence-corrected chi connectivity index (χ1v) is 8.86. The summed E-state index contributed by atoms with van der Waals surface area (Å²) in [5, 5.41) is 3.04. The third kappa shape index (κ3) is 3.40. The summed E-state index contributed by atoms with van der Waals surface area (Å²) in [6.07, 6.45) is 6.33. The highest BCUT2D eigenvalue weighted by atomic mass is 16.2. The quantitative estimate of drug-likeness (QED) is 0.839. The number of hydrogen-bond donors (Lipinski definition) is 1. The molecule has 9 heteroatoms. The number of rotatable bonds is 3. The van der Waals surface area contributed by atoms with E-state index in [0.717, 1.165) is 30.5 Å². The van der Waals surface area contributed by atoms with Gasteiger partial charge in [0.25, 0.3) is 11.5 Å². The first kappa shape index (κ1) is 17.2. The topological polar surface area (TPSA) is 100 Å². The maximum atomic E-state index is 12.4. The van der Waals surface area contributed by atoms with Crippen LogP contribution in [0.1, 0.15) is 17.6 Å². The Morgan fingerprint density at radius 1 is 1.11 bits per heavy atom. The van der Waals surface area contributed by atoms with Gasteiger partial charge in [0.05, 0.1) is 5.54 Å². The predicted octanol–water partition coefficient (Wildman–Crippen LogP) is 0.343. The average molecular weight is 368 g/mol. The highest BCUT2D eigenvalue weighted by molar-refractivity contribution is 5.87. The number of anilines is 1. The molecule has 0 atom stereocenters. The number of urea groups is 1. The van der Waals surface area contributed by atoms with Crippen LogP contribution >= 0.6 is 0 Å². The molecule has 0 aromatic carbocycles. The molecule has 2 aliphatic heterocycles. The normalized spacial score (nSPS) is 18.6. The molecule has 2 aromatic heterocycles. The Morgan fingerprint density at radius 3 is 2.56 bits per heavy atom. The van der Waals surface area contributed by atoms with E-state index in [1.165, 1.54) is 17.2 Å². The van der Waals surface area contributed by atoms with Crippen LogP contribution < -0.4 is 15.8 Å². The Labute approximate surface area is 155 Å². The highest BCUT2D eigenvalue weighted by Crippen LogP contribution is 2.29. The molecule has 140 valence electrons. The Balaban J connectivity index is 1.40. The van der Waals surface area contributed by atoms with Gasteiger partial charge in [0.2, 0.25) is 5.95 Å². The molecule has 2 fully saturated rings. The molecule has 4 heterocycles. The smallest absolute Gasteiger partial charge is 0.318 e. The molecule has 1 spiro atoms. The fraction of sp³-hybridized carbons (Fsp3) is 0.389. The van der Waals surface area contributed by atoms with E-state index < -0.39 is 11.5 Å². The van der Waals surface area contributed by atoms with E-state index in [-0.39, 0.29) is 18.1 Å². The van der Waals surface area contributed by atoms with Gasteiger partial charge in [0, 0.05) is 44.3 Å². The molecule has 0 radical (unpaired) electrons. The molecule has 9 nitrogen and oxygen atoms in total. The predicted molar refractivity (Wildman–Crippen MR) is 97.6 cm³/mol. The van der Waals surface area contributed by atoms with Crippen LogP contribution in [-0.4, -0.2) is 63.1 Å². The maximum absolute atomic E-state index is 12.4. The molecule has 0 aliphatic carbocycles. The van der Waals surface area contributed by atoms with E-state index in [4.69, 9.17) is 0 Å². The molecule has 1 N–H and O–H groups in total. The van der Waals surface area contributed by atoms with Gasteiger partial charge in [-0.3, -0.25) is 14.2 Å². The molecular weight excluding hydrogens is 348 g/mol. The summed E-state index contributed by atoms with van der Waals surface area (Å²) in [6.45, 7) is 1.78. The minimum absolute atomic E-state index is 0.122. The van der Waals surface area contributed by atoms with E-state index in [2.05, 4.69) is 20.2 Å². The van der Waals surface area contributed by atoms with Crippen molar-refractivity contribution >= 4 is 17.9 Å². The van der Waals surface area contributed by atoms with Crippen LogP contribution in [0.15, 0.2) is 47.7 Å².